The van der Waals surface area contributed by atoms with Crippen LogP contribution in [0, 0.1) is 0 Å². The molecule has 0 aromatic heterocycles. The van der Waals surface area contributed by atoms with Crippen LogP contribution in [0.15, 0.2) is 51.8 Å². The summed E-state index contributed by atoms with van der Waals surface area (Å²) in [5.74, 6) is -0.504. The van der Waals surface area contributed by atoms with Crippen molar-refractivity contribution >= 4 is 31.9 Å². The molecule has 0 spiro atoms. The Morgan fingerprint density at radius 2 is 1.77 bits per heavy atom. The fraction of sp³-hybridized carbons (Fsp3) is 0.278. The molecule has 1 heterocycles. The highest BCUT2D eigenvalue weighted by Crippen LogP contribution is 2.23. The molecule has 0 unspecified atom stereocenters. The summed E-state index contributed by atoms with van der Waals surface area (Å²) in [7, 11) is -3.43. The third-order valence-corrected chi connectivity index (χ3v) is 6.69. The van der Waals surface area contributed by atoms with Crippen molar-refractivity contribution in [1.82, 2.24) is 9.62 Å². The van der Waals surface area contributed by atoms with Gasteiger partial charge < -0.3 is 10.4 Å². The van der Waals surface area contributed by atoms with Crippen LogP contribution in [-0.4, -0.2) is 36.8 Å². The van der Waals surface area contributed by atoms with Crippen LogP contribution in [0.4, 0.5) is 0 Å². The average molecular weight is 439 g/mol. The summed E-state index contributed by atoms with van der Waals surface area (Å²) in [6.45, 7) is 1.36. The normalized spacial score (nSPS) is 15.1. The zero-order valence-corrected chi connectivity index (χ0v) is 16.4. The molecule has 1 saturated heterocycles. The summed E-state index contributed by atoms with van der Waals surface area (Å²) in [5, 5.41) is 12.5. The van der Waals surface area contributed by atoms with E-state index in [9.17, 15) is 18.3 Å². The van der Waals surface area contributed by atoms with Crippen molar-refractivity contribution in [3.8, 4) is 5.75 Å². The molecule has 0 bridgehead atoms. The van der Waals surface area contributed by atoms with E-state index in [0.717, 1.165) is 18.4 Å². The molecule has 1 fully saturated rings. The first-order valence-electron chi connectivity index (χ1n) is 8.24. The van der Waals surface area contributed by atoms with E-state index in [-0.39, 0.29) is 22.8 Å². The van der Waals surface area contributed by atoms with Crippen LogP contribution in [0.5, 0.6) is 5.75 Å². The second-order valence-electron chi connectivity index (χ2n) is 6.10. The standard InChI is InChI=1S/C18H19BrN2O4S/c19-14-5-8-17(22)16(11-14)18(23)20-12-13-3-6-15(7-4-13)26(24,25)21-9-1-2-10-21/h3-8,11,22H,1-2,9-10,12H2,(H,20,23). The largest absolute Gasteiger partial charge is 0.507 e. The Hall–Kier alpha value is -1.90. The van der Waals surface area contributed by atoms with Crippen molar-refractivity contribution in [2.75, 3.05) is 13.1 Å². The fourth-order valence-corrected chi connectivity index (χ4v) is 4.70. The Balaban J connectivity index is 1.66. The van der Waals surface area contributed by atoms with Gasteiger partial charge >= 0.3 is 0 Å². The highest BCUT2D eigenvalue weighted by Gasteiger charge is 2.26. The number of benzene rings is 2. The number of carbonyl (C=O) groups excluding carboxylic acids is 1. The number of hydrogen-bond donors (Lipinski definition) is 2. The summed E-state index contributed by atoms with van der Waals surface area (Å²) < 4.78 is 27.2. The summed E-state index contributed by atoms with van der Waals surface area (Å²) in [6, 6.07) is 11.1. The maximum Gasteiger partial charge on any atom is 0.255 e. The van der Waals surface area contributed by atoms with E-state index in [1.807, 2.05) is 0 Å². The highest BCUT2D eigenvalue weighted by molar-refractivity contribution is 9.10. The van der Waals surface area contributed by atoms with Gasteiger partial charge in [-0.3, -0.25) is 4.79 Å². The van der Waals surface area contributed by atoms with E-state index in [0.29, 0.717) is 17.6 Å². The monoisotopic (exact) mass is 438 g/mol. The van der Waals surface area contributed by atoms with Crippen LogP contribution >= 0.6 is 15.9 Å². The number of carbonyl (C=O) groups is 1. The molecular weight excluding hydrogens is 420 g/mol. The highest BCUT2D eigenvalue weighted by atomic mass is 79.9. The van der Waals surface area contributed by atoms with Gasteiger partial charge in [0.15, 0.2) is 0 Å². The first-order chi connectivity index (χ1) is 12.4. The van der Waals surface area contributed by atoms with Crippen molar-refractivity contribution in [2.45, 2.75) is 24.3 Å². The van der Waals surface area contributed by atoms with E-state index >= 15 is 0 Å². The molecule has 138 valence electrons. The van der Waals surface area contributed by atoms with E-state index in [2.05, 4.69) is 21.2 Å². The smallest absolute Gasteiger partial charge is 0.255 e. The maximum atomic E-state index is 12.5. The number of phenolic OH excluding ortho intramolecular Hbond substituents is 1. The Bertz CT molecular complexity index is 907. The van der Waals surface area contributed by atoms with Crippen molar-refractivity contribution in [3.05, 3.63) is 58.1 Å². The van der Waals surface area contributed by atoms with Gasteiger partial charge in [-0.1, -0.05) is 28.1 Å². The van der Waals surface area contributed by atoms with E-state index in [4.69, 9.17) is 0 Å². The Labute approximate surface area is 161 Å². The predicted octanol–water partition coefficient (Wildman–Crippen LogP) is 2.87. The molecule has 1 amide bonds. The minimum absolute atomic E-state index is 0.0993. The molecule has 2 N–H and O–H groups in total. The van der Waals surface area contributed by atoms with Crippen LogP contribution < -0.4 is 5.32 Å². The second kappa shape index (κ2) is 7.77. The van der Waals surface area contributed by atoms with Crippen LogP contribution in [0.25, 0.3) is 0 Å². The first-order valence-corrected chi connectivity index (χ1v) is 10.5. The summed E-state index contributed by atoms with van der Waals surface area (Å²) in [4.78, 5) is 12.5. The van der Waals surface area contributed by atoms with Gasteiger partial charge in [0.05, 0.1) is 10.5 Å². The minimum atomic E-state index is -3.43. The molecule has 0 aliphatic carbocycles. The summed E-state index contributed by atoms with van der Waals surface area (Å²) in [5.41, 5.74) is 0.945. The molecule has 0 atom stereocenters. The zero-order chi connectivity index (χ0) is 18.7. The van der Waals surface area contributed by atoms with Gasteiger partial charge in [-0.05, 0) is 48.7 Å². The van der Waals surface area contributed by atoms with Gasteiger partial charge in [-0.25, -0.2) is 8.42 Å². The molecule has 2 aromatic rings. The fourth-order valence-electron chi connectivity index (χ4n) is 2.82. The molecule has 1 aliphatic rings. The topological polar surface area (TPSA) is 86.7 Å². The lowest BCUT2D eigenvalue weighted by atomic mass is 10.1. The molecular formula is C18H19BrN2O4S. The second-order valence-corrected chi connectivity index (χ2v) is 8.95. The first kappa shape index (κ1) is 18.9. The number of amides is 1. The van der Waals surface area contributed by atoms with E-state index in [1.165, 1.54) is 16.4 Å². The lowest BCUT2D eigenvalue weighted by molar-refractivity contribution is 0.0948. The molecule has 6 nitrogen and oxygen atoms in total. The SMILES string of the molecule is O=C(NCc1ccc(S(=O)(=O)N2CCCC2)cc1)c1cc(Br)ccc1O. The Kier molecular flexibility index (Phi) is 5.64. The summed E-state index contributed by atoms with van der Waals surface area (Å²) >= 11 is 3.26. The number of nitrogens with zero attached hydrogens (tertiary/aromatic N) is 1. The quantitative estimate of drug-likeness (QED) is 0.750. The van der Waals surface area contributed by atoms with Gasteiger partial charge in [-0.2, -0.15) is 4.31 Å². The number of hydrogen-bond acceptors (Lipinski definition) is 4. The lowest BCUT2D eigenvalue weighted by Crippen LogP contribution is -2.28. The van der Waals surface area contributed by atoms with Gasteiger partial charge in [-0.15, -0.1) is 0 Å². The lowest BCUT2D eigenvalue weighted by Gasteiger charge is -2.15. The van der Waals surface area contributed by atoms with Gasteiger partial charge in [0, 0.05) is 24.1 Å². The van der Waals surface area contributed by atoms with E-state index < -0.39 is 15.9 Å². The van der Waals surface area contributed by atoms with Gasteiger partial charge in [0.1, 0.15) is 5.75 Å². The molecule has 3 rings (SSSR count). The Morgan fingerprint density at radius 3 is 2.42 bits per heavy atom. The number of phenols is 1. The number of sulfonamides is 1. The molecule has 2 aromatic carbocycles. The number of aromatic hydroxyl groups is 1. The van der Waals surface area contributed by atoms with Gasteiger partial charge in [0.25, 0.3) is 5.91 Å². The van der Waals surface area contributed by atoms with Crippen LogP contribution in [0.3, 0.4) is 0 Å². The third-order valence-electron chi connectivity index (χ3n) is 4.28. The van der Waals surface area contributed by atoms with Crippen molar-refractivity contribution in [2.24, 2.45) is 0 Å². The molecule has 8 heteroatoms. The average Bonchev–Trinajstić information content (AvgIpc) is 3.17. The maximum absolute atomic E-state index is 12.5. The predicted molar refractivity (Wildman–Crippen MR) is 101 cm³/mol. The van der Waals surface area contributed by atoms with Crippen LogP contribution in [-0.2, 0) is 16.6 Å². The van der Waals surface area contributed by atoms with Gasteiger partial charge in [0.2, 0.25) is 10.0 Å². The van der Waals surface area contributed by atoms with Crippen molar-refractivity contribution in [1.29, 1.82) is 0 Å². The number of rotatable bonds is 5. The minimum Gasteiger partial charge on any atom is -0.507 e. The zero-order valence-electron chi connectivity index (χ0n) is 14.0. The molecule has 0 radical (unpaired) electrons. The third kappa shape index (κ3) is 4.08. The van der Waals surface area contributed by atoms with Crippen LogP contribution in [0.2, 0.25) is 0 Å². The number of halogens is 1. The summed E-state index contributed by atoms with van der Waals surface area (Å²) in [6.07, 6.45) is 1.79. The van der Waals surface area contributed by atoms with Crippen molar-refractivity contribution < 1.29 is 18.3 Å². The molecule has 26 heavy (non-hydrogen) atoms. The van der Waals surface area contributed by atoms with Crippen LogP contribution in [0.1, 0.15) is 28.8 Å². The van der Waals surface area contributed by atoms with E-state index in [1.54, 1.807) is 30.3 Å². The van der Waals surface area contributed by atoms with Crippen molar-refractivity contribution in [3.63, 3.8) is 0 Å². The molecule has 1 aliphatic heterocycles. The number of nitrogens with one attached hydrogen (secondary N) is 1. The molecule has 0 saturated carbocycles. The Morgan fingerprint density at radius 1 is 1.12 bits per heavy atom.